The first kappa shape index (κ1) is 31.1. The van der Waals surface area contributed by atoms with Gasteiger partial charge in [-0.15, -0.1) is 12.4 Å². The lowest BCUT2D eigenvalue weighted by molar-refractivity contribution is 0.215. The molecule has 7 heteroatoms. The predicted molar refractivity (Wildman–Crippen MR) is 155 cm³/mol. The summed E-state index contributed by atoms with van der Waals surface area (Å²) in [4.78, 5) is 2.51. The van der Waals surface area contributed by atoms with Crippen molar-refractivity contribution in [2.24, 2.45) is 0 Å². The molecule has 2 aromatic rings. The summed E-state index contributed by atoms with van der Waals surface area (Å²) < 4.78 is 21.9. The van der Waals surface area contributed by atoms with Crippen LogP contribution in [0.1, 0.15) is 66.7 Å². The molecule has 0 saturated carbocycles. The number of hydrogen-bond acceptors (Lipinski definition) is 6. The van der Waals surface area contributed by atoms with Gasteiger partial charge in [0.15, 0.2) is 0 Å². The van der Waals surface area contributed by atoms with Crippen LogP contribution in [-0.2, 0) is 0 Å². The Morgan fingerprint density at radius 3 is 1.73 bits per heavy atom. The second-order valence-corrected chi connectivity index (χ2v) is 9.90. The van der Waals surface area contributed by atoms with E-state index in [1.807, 2.05) is 6.92 Å². The van der Waals surface area contributed by atoms with Gasteiger partial charge in [0, 0.05) is 36.1 Å². The van der Waals surface area contributed by atoms with Crippen LogP contribution in [0.15, 0.2) is 24.3 Å². The van der Waals surface area contributed by atoms with Gasteiger partial charge in [0.1, 0.15) is 23.0 Å². The van der Waals surface area contributed by atoms with Gasteiger partial charge in [-0.05, 0) is 94.6 Å². The van der Waals surface area contributed by atoms with E-state index in [2.05, 4.69) is 48.3 Å². The minimum atomic E-state index is 0. The van der Waals surface area contributed by atoms with E-state index in [9.17, 15) is 0 Å². The van der Waals surface area contributed by atoms with Crippen molar-refractivity contribution in [3.8, 4) is 23.0 Å². The molecule has 0 amide bonds. The topological polar surface area (TPSA) is 52.2 Å². The van der Waals surface area contributed by atoms with Crippen molar-refractivity contribution < 1.29 is 18.9 Å². The number of hydrogen-bond donors (Lipinski definition) is 1. The van der Waals surface area contributed by atoms with E-state index in [1.165, 1.54) is 43.4 Å². The number of aryl methyl sites for hydroxylation is 2. The number of methoxy groups -OCH3 is 4. The highest BCUT2D eigenvalue weighted by Crippen LogP contribution is 2.38. The fourth-order valence-electron chi connectivity index (χ4n) is 5.50. The van der Waals surface area contributed by atoms with Crippen LogP contribution in [0.5, 0.6) is 23.0 Å². The summed E-state index contributed by atoms with van der Waals surface area (Å²) in [5, 5.41) is 3.44. The third-order valence-corrected chi connectivity index (χ3v) is 7.62. The average molecular weight is 535 g/mol. The standard InChI is InChI=1S/C16H25NO2.C14H21NO2.ClH/c1-5-17-8-6-7-13(11-17)14-10-15(18-3)12(2)9-16(14)19-4;1-10-7-14(17-3)12(8-13(10)16-2)11-5-4-6-15-9-11;/h9-10,13H,5-8,11H2,1-4H3;7-8,11,15H,4-6,9H2,1-3H3;1H/t13-;;/m0../s1. The SMILES string of the molecule is CCN1CCC[C@H](c2cc(OC)c(C)cc2OC)C1.COc1cc(C2CCCNC2)c(OC)cc1C.Cl. The minimum absolute atomic E-state index is 0. The lowest BCUT2D eigenvalue weighted by atomic mass is 9.89. The molecule has 0 bridgehead atoms. The number of benzene rings is 2. The first-order valence-corrected chi connectivity index (χ1v) is 13.3. The van der Waals surface area contributed by atoms with Gasteiger partial charge < -0.3 is 29.2 Å². The maximum absolute atomic E-state index is 5.57. The molecule has 4 rings (SSSR count). The van der Waals surface area contributed by atoms with Gasteiger partial charge in [-0.25, -0.2) is 0 Å². The van der Waals surface area contributed by atoms with E-state index in [0.29, 0.717) is 11.8 Å². The fourth-order valence-corrected chi connectivity index (χ4v) is 5.50. The molecule has 0 spiro atoms. The van der Waals surface area contributed by atoms with Gasteiger partial charge in [-0.2, -0.15) is 0 Å². The molecule has 2 heterocycles. The lowest BCUT2D eigenvalue weighted by Gasteiger charge is -2.33. The lowest BCUT2D eigenvalue weighted by Crippen LogP contribution is -2.34. The maximum atomic E-state index is 5.57. The molecule has 2 atom stereocenters. The van der Waals surface area contributed by atoms with Crippen LogP contribution in [0.25, 0.3) is 0 Å². The van der Waals surface area contributed by atoms with Crippen LogP contribution >= 0.6 is 12.4 Å². The molecule has 2 saturated heterocycles. The molecule has 6 nitrogen and oxygen atoms in total. The van der Waals surface area contributed by atoms with E-state index in [0.717, 1.165) is 60.3 Å². The van der Waals surface area contributed by atoms with E-state index >= 15 is 0 Å². The van der Waals surface area contributed by atoms with E-state index in [1.54, 1.807) is 28.4 Å². The Bertz CT molecular complexity index is 979. The number of piperidine rings is 2. The molecule has 0 aromatic heterocycles. The van der Waals surface area contributed by atoms with Gasteiger partial charge in [-0.1, -0.05) is 6.92 Å². The van der Waals surface area contributed by atoms with Crippen LogP contribution in [0, 0.1) is 13.8 Å². The van der Waals surface area contributed by atoms with Crippen molar-refractivity contribution in [2.75, 3.05) is 61.2 Å². The zero-order valence-corrected chi connectivity index (χ0v) is 24.6. The van der Waals surface area contributed by atoms with Gasteiger partial charge in [-0.3, -0.25) is 0 Å². The second-order valence-electron chi connectivity index (χ2n) is 9.90. The molecule has 208 valence electrons. The van der Waals surface area contributed by atoms with Crippen molar-refractivity contribution in [1.29, 1.82) is 0 Å². The molecular formula is C30H47ClN2O4. The number of likely N-dealkylation sites (tertiary alicyclic amines) is 1. The molecule has 37 heavy (non-hydrogen) atoms. The Morgan fingerprint density at radius 2 is 1.27 bits per heavy atom. The molecule has 2 fully saturated rings. The monoisotopic (exact) mass is 534 g/mol. The summed E-state index contributed by atoms with van der Waals surface area (Å²) >= 11 is 0. The third kappa shape index (κ3) is 7.92. The molecule has 1 unspecified atom stereocenters. The van der Waals surface area contributed by atoms with Crippen molar-refractivity contribution >= 4 is 12.4 Å². The Hall–Kier alpha value is -2.15. The van der Waals surface area contributed by atoms with Crippen molar-refractivity contribution in [1.82, 2.24) is 10.2 Å². The normalized spacial score (nSPS) is 19.6. The zero-order chi connectivity index (χ0) is 26.1. The molecule has 2 aliphatic rings. The van der Waals surface area contributed by atoms with Crippen molar-refractivity contribution in [2.45, 2.75) is 58.3 Å². The van der Waals surface area contributed by atoms with Crippen molar-refractivity contribution in [3.63, 3.8) is 0 Å². The van der Waals surface area contributed by atoms with E-state index < -0.39 is 0 Å². The largest absolute Gasteiger partial charge is 0.496 e. The number of likely N-dealkylation sites (N-methyl/N-ethyl adjacent to an activating group) is 1. The minimum Gasteiger partial charge on any atom is -0.496 e. The summed E-state index contributed by atoms with van der Waals surface area (Å²) in [6.45, 7) is 12.0. The summed E-state index contributed by atoms with van der Waals surface area (Å²) in [7, 11) is 6.95. The number of ether oxygens (including phenoxy) is 4. The Morgan fingerprint density at radius 1 is 0.757 bits per heavy atom. The van der Waals surface area contributed by atoms with Crippen LogP contribution in [0.4, 0.5) is 0 Å². The third-order valence-electron chi connectivity index (χ3n) is 7.62. The maximum Gasteiger partial charge on any atom is 0.122 e. The number of nitrogens with zero attached hydrogens (tertiary/aromatic N) is 1. The van der Waals surface area contributed by atoms with Crippen molar-refractivity contribution in [3.05, 3.63) is 46.5 Å². The molecular weight excluding hydrogens is 488 g/mol. The molecule has 2 aliphatic heterocycles. The summed E-state index contributed by atoms with van der Waals surface area (Å²) in [6, 6.07) is 8.46. The van der Waals surface area contributed by atoms with Crippen LogP contribution < -0.4 is 24.3 Å². The Kier molecular flexibility index (Phi) is 12.9. The Balaban J connectivity index is 0.000000255. The quantitative estimate of drug-likeness (QED) is 0.462. The highest BCUT2D eigenvalue weighted by molar-refractivity contribution is 5.85. The molecule has 0 radical (unpaired) electrons. The molecule has 1 N–H and O–H groups in total. The van der Waals surface area contributed by atoms with Gasteiger partial charge in [0.2, 0.25) is 0 Å². The molecule has 2 aromatic carbocycles. The van der Waals surface area contributed by atoms with Crippen LogP contribution in [0.2, 0.25) is 0 Å². The van der Waals surface area contributed by atoms with Crippen LogP contribution in [0.3, 0.4) is 0 Å². The number of halogens is 1. The first-order chi connectivity index (χ1) is 17.4. The predicted octanol–water partition coefficient (Wildman–Crippen LogP) is 6.11. The van der Waals surface area contributed by atoms with Gasteiger partial charge in [0.25, 0.3) is 0 Å². The van der Waals surface area contributed by atoms with Gasteiger partial charge >= 0.3 is 0 Å². The first-order valence-electron chi connectivity index (χ1n) is 13.3. The smallest absolute Gasteiger partial charge is 0.122 e. The highest BCUT2D eigenvalue weighted by atomic mass is 35.5. The highest BCUT2D eigenvalue weighted by Gasteiger charge is 2.24. The fraction of sp³-hybridized carbons (Fsp3) is 0.600. The summed E-state index contributed by atoms with van der Waals surface area (Å²) in [5.41, 5.74) is 4.81. The average Bonchev–Trinajstić information content (AvgIpc) is 2.93. The summed E-state index contributed by atoms with van der Waals surface area (Å²) in [6.07, 6.45) is 4.94. The number of nitrogens with one attached hydrogen (secondary N) is 1. The van der Waals surface area contributed by atoms with E-state index in [4.69, 9.17) is 18.9 Å². The number of rotatable bonds is 7. The van der Waals surface area contributed by atoms with Gasteiger partial charge in [0.05, 0.1) is 28.4 Å². The van der Waals surface area contributed by atoms with E-state index in [-0.39, 0.29) is 12.4 Å². The summed E-state index contributed by atoms with van der Waals surface area (Å²) in [5.74, 6) is 4.99. The second kappa shape index (κ2) is 15.3. The molecule has 0 aliphatic carbocycles. The van der Waals surface area contributed by atoms with Crippen LogP contribution in [-0.4, -0.2) is 66.1 Å². The Labute approximate surface area is 230 Å². The zero-order valence-electron chi connectivity index (χ0n) is 23.8.